The normalized spacial score (nSPS) is 18.0. The van der Waals surface area contributed by atoms with E-state index in [1.807, 2.05) is 26.0 Å². The first-order valence-electron chi connectivity index (χ1n) is 6.88. The van der Waals surface area contributed by atoms with Gasteiger partial charge in [0.05, 0.1) is 6.04 Å². The molecule has 2 aromatic rings. The van der Waals surface area contributed by atoms with Gasteiger partial charge in [-0.3, -0.25) is 4.79 Å². The fourth-order valence-corrected chi connectivity index (χ4v) is 2.35. The molecule has 0 aliphatic heterocycles. The summed E-state index contributed by atoms with van der Waals surface area (Å²) in [6.45, 7) is 4.09. The van der Waals surface area contributed by atoms with Gasteiger partial charge in [-0.05, 0) is 42.2 Å². The summed E-state index contributed by atoms with van der Waals surface area (Å²) in [5.74, 6) is 0.188. The van der Waals surface area contributed by atoms with Crippen LogP contribution >= 0.6 is 0 Å². The van der Waals surface area contributed by atoms with Crippen molar-refractivity contribution in [3.05, 3.63) is 48.0 Å². The third-order valence-electron chi connectivity index (χ3n) is 4.17. The molecule has 2 heteroatoms. The van der Waals surface area contributed by atoms with Crippen LogP contribution in [0.1, 0.15) is 38.3 Å². The monoisotopic (exact) mass is 253 g/mol. The Balaban J connectivity index is 1.81. The zero-order valence-corrected chi connectivity index (χ0v) is 11.4. The summed E-state index contributed by atoms with van der Waals surface area (Å²) in [7, 11) is 0. The highest BCUT2D eigenvalue weighted by atomic mass is 16.2. The molecule has 0 radical (unpaired) electrons. The van der Waals surface area contributed by atoms with Gasteiger partial charge in [-0.2, -0.15) is 0 Å². The fraction of sp³-hybridized carbons (Fsp3) is 0.353. The number of hydrogen-bond donors (Lipinski definition) is 1. The molecule has 1 aliphatic rings. The second-order valence-corrected chi connectivity index (χ2v) is 5.86. The maximum absolute atomic E-state index is 12.1. The van der Waals surface area contributed by atoms with Gasteiger partial charge in [0.2, 0.25) is 5.91 Å². The molecule has 2 aromatic carbocycles. The van der Waals surface area contributed by atoms with Crippen LogP contribution in [0.5, 0.6) is 0 Å². The van der Waals surface area contributed by atoms with Crippen LogP contribution in [-0.2, 0) is 4.79 Å². The van der Waals surface area contributed by atoms with Gasteiger partial charge in [0.25, 0.3) is 0 Å². The Morgan fingerprint density at radius 3 is 2.53 bits per heavy atom. The first-order valence-corrected chi connectivity index (χ1v) is 6.88. The Hall–Kier alpha value is -1.83. The van der Waals surface area contributed by atoms with Gasteiger partial charge in [-0.15, -0.1) is 0 Å². The number of hydrogen-bond acceptors (Lipinski definition) is 1. The Morgan fingerprint density at radius 1 is 1.16 bits per heavy atom. The van der Waals surface area contributed by atoms with Crippen LogP contribution in [0.4, 0.5) is 0 Å². The largest absolute Gasteiger partial charge is 0.349 e. The molecule has 1 atom stereocenters. The van der Waals surface area contributed by atoms with Crippen molar-refractivity contribution in [2.45, 2.75) is 32.7 Å². The molecule has 1 N–H and O–H groups in total. The van der Waals surface area contributed by atoms with Crippen molar-refractivity contribution in [1.82, 2.24) is 5.32 Å². The third kappa shape index (κ3) is 2.35. The summed E-state index contributed by atoms with van der Waals surface area (Å²) in [4.78, 5) is 12.1. The summed E-state index contributed by atoms with van der Waals surface area (Å²) in [6.07, 6.45) is 2.03. The minimum absolute atomic E-state index is 0.0644. The molecule has 0 saturated heterocycles. The van der Waals surface area contributed by atoms with Gasteiger partial charge in [0.15, 0.2) is 0 Å². The predicted octanol–water partition coefficient (Wildman–Crippen LogP) is 3.82. The average molecular weight is 253 g/mol. The van der Waals surface area contributed by atoms with Crippen LogP contribution in [0.2, 0.25) is 0 Å². The van der Waals surface area contributed by atoms with Crippen molar-refractivity contribution in [3.8, 4) is 0 Å². The van der Waals surface area contributed by atoms with Gasteiger partial charge < -0.3 is 5.32 Å². The quantitative estimate of drug-likeness (QED) is 0.885. The zero-order chi connectivity index (χ0) is 13.5. The van der Waals surface area contributed by atoms with Crippen molar-refractivity contribution in [1.29, 1.82) is 0 Å². The lowest BCUT2D eigenvalue weighted by molar-refractivity contribution is -0.126. The topological polar surface area (TPSA) is 29.1 Å². The molecule has 0 heterocycles. The third-order valence-corrected chi connectivity index (χ3v) is 4.17. The van der Waals surface area contributed by atoms with Crippen molar-refractivity contribution in [2.75, 3.05) is 0 Å². The minimum Gasteiger partial charge on any atom is -0.349 e. The van der Waals surface area contributed by atoms with Gasteiger partial charge in [-0.25, -0.2) is 0 Å². The van der Waals surface area contributed by atoms with E-state index in [2.05, 4.69) is 35.6 Å². The highest BCUT2D eigenvalue weighted by molar-refractivity contribution is 5.86. The number of fused-ring (bicyclic) bond motifs is 1. The molecule has 0 unspecified atom stereocenters. The number of amides is 1. The number of carbonyl (C=O) groups excluding carboxylic acids is 1. The lowest BCUT2D eigenvalue weighted by Gasteiger charge is -2.17. The number of rotatable bonds is 3. The summed E-state index contributed by atoms with van der Waals surface area (Å²) in [6, 6.07) is 14.7. The van der Waals surface area contributed by atoms with E-state index in [0.717, 1.165) is 18.4 Å². The van der Waals surface area contributed by atoms with Gasteiger partial charge in [0.1, 0.15) is 0 Å². The van der Waals surface area contributed by atoms with Crippen LogP contribution in [-0.4, -0.2) is 5.91 Å². The second kappa shape index (κ2) is 4.37. The summed E-state index contributed by atoms with van der Waals surface area (Å²) in [5.41, 5.74) is 1.06. The zero-order valence-electron chi connectivity index (χ0n) is 11.4. The first-order chi connectivity index (χ1) is 9.08. The second-order valence-electron chi connectivity index (χ2n) is 5.86. The van der Waals surface area contributed by atoms with Gasteiger partial charge >= 0.3 is 0 Å². The Bertz CT molecular complexity index is 628. The molecule has 0 bridgehead atoms. The maximum atomic E-state index is 12.1. The van der Waals surface area contributed by atoms with Crippen LogP contribution in [0.25, 0.3) is 10.8 Å². The number of carbonyl (C=O) groups is 1. The SMILES string of the molecule is C[C@@H](NC(=O)C1(C)CC1)c1ccc2ccccc2c1. The number of nitrogens with one attached hydrogen (secondary N) is 1. The molecule has 1 fully saturated rings. The van der Waals surface area contributed by atoms with Gasteiger partial charge in [-0.1, -0.05) is 43.3 Å². The van der Waals surface area contributed by atoms with E-state index in [9.17, 15) is 4.79 Å². The predicted molar refractivity (Wildman–Crippen MR) is 77.8 cm³/mol. The molecule has 1 amide bonds. The molecule has 1 aliphatic carbocycles. The molecule has 98 valence electrons. The molecular weight excluding hydrogens is 234 g/mol. The summed E-state index contributed by atoms with van der Waals surface area (Å²) >= 11 is 0. The van der Waals surface area contributed by atoms with Crippen LogP contribution in [0.15, 0.2) is 42.5 Å². The van der Waals surface area contributed by atoms with Crippen LogP contribution in [0, 0.1) is 5.41 Å². The molecule has 0 spiro atoms. The van der Waals surface area contributed by atoms with Crippen molar-refractivity contribution in [2.24, 2.45) is 5.41 Å². The number of benzene rings is 2. The van der Waals surface area contributed by atoms with Crippen molar-refractivity contribution < 1.29 is 4.79 Å². The fourth-order valence-electron chi connectivity index (χ4n) is 2.35. The van der Waals surface area contributed by atoms with E-state index in [1.165, 1.54) is 10.8 Å². The van der Waals surface area contributed by atoms with E-state index >= 15 is 0 Å². The average Bonchev–Trinajstić information content (AvgIpc) is 3.17. The van der Waals surface area contributed by atoms with E-state index < -0.39 is 0 Å². The summed E-state index contributed by atoms with van der Waals surface area (Å²) < 4.78 is 0. The van der Waals surface area contributed by atoms with Crippen molar-refractivity contribution >= 4 is 16.7 Å². The lowest BCUT2D eigenvalue weighted by atomic mass is 10.0. The van der Waals surface area contributed by atoms with Gasteiger partial charge in [0, 0.05) is 5.41 Å². The van der Waals surface area contributed by atoms with E-state index in [0.29, 0.717) is 0 Å². The Morgan fingerprint density at radius 2 is 1.84 bits per heavy atom. The summed E-state index contributed by atoms with van der Waals surface area (Å²) in [5, 5.41) is 5.58. The Kier molecular flexibility index (Phi) is 2.81. The molecule has 0 aromatic heterocycles. The molecule has 19 heavy (non-hydrogen) atoms. The highest BCUT2D eigenvalue weighted by Crippen LogP contribution is 2.45. The van der Waals surface area contributed by atoms with E-state index in [-0.39, 0.29) is 17.4 Å². The van der Waals surface area contributed by atoms with Crippen LogP contribution in [0.3, 0.4) is 0 Å². The highest BCUT2D eigenvalue weighted by Gasteiger charge is 2.45. The first kappa shape index (κ1) is 12.2. The smallest absolute Gasteiger partial charge is 0.226 e. The molecule has 2 nitrogen and oxygen atoms in total. The maximum Gasteiger partial charge on any atom is 0.226 e. The van der Waals surface area contributed by atoms with Crippen molar-refractivity contribution in [3.63, 3.8) is 0 Å². The van der Waals surface area contributed by atoms with E-state index in [1.54, 1.807) is 0 Å². The standard InChI is InChI=1S/C17H19NO/c1-12(18-16(19)17(2)9-10-17)14-8-7-13-5-3-4-6-15(13)11-14/h3-8,11-12H,9-10H2,1-2H3,(H,18,19)/t12-/m1/s1. The van der Waals surface area contributed by atoms with Crippen LogP contribution < -0.4 is 5.32 Å². The lowest BCUT2D eigenvalue weighted by Crippen LogP contribution is -2.32. The minimum atomic E-state index is -0.106. The van der Waals surface area contributed by atoms with E-state index in [4.69, 9.17) is 0 Å². The molecular formula is C17H19NO. The molecule has 1 saturated carbocycles. The Labute approximate surface area is 113 Å². The molecule has 3 rings (SSSR count).